The molecule has 0 heterocycles. The van der Waals surface area contributed by atoms with Crippen molar-refractivity contribution in [1.82, 2.24) is 5.32 Å². The van der Waals surface area contributed by atoms with Gasteiger partial charge in [0.1, 0.15) is 0 Å². The summed E-state index contributed by atoms with van der Waals surface area (Å²) in [5.74, 6) is -0.303. The summed E-state index contributed by atoms with van der Waals surface area (Å²) in [4.78, 5) is 12.2. The van der Waals surface area contributed by atoms with Crippen LogP contribution in [0.2, 0.25) is 0 Å². The molecule has 1 amide bonds. The molecule has 2 aromatic rings. The summed E-state index contributed by atoms with van der Waals surface area (Å²) in [7, 11) is 0. The van der Waals surface area contributed by atoms with E-state index in [0.717, 1.165) is 28.8 Å². The molecule has 24 heavy (non-hydrogen) atoms. The van der Waals surface area contributed by atoms with Gasteiger partial charge in [0.25, 0.3) is 0 Å². The van der Waals surface area contributed by atoms with Crippen LogP contribution >= 0.6 is 0 Å². The lowest BCUT2D eigenvalue weighted by molar-refractivity contribution is -0.137. The third kappa shape index (κ3) is 4.60. The van der Waals surface area contributed by atoms with Crippen LogP contribution in [0, 0.1) is 13.8 Å². The Kier molecular flexibility index (Phi) is 5.32. The second kappa shape index (κ2) is 7.07. The van der Waals surface area contributed by atoms with Crippen molar-refractivity contribution in [2.75, 3.05) is 0 Å². The molecule has 128 valence electrons. The highest BCUT2D eigenvalue weighted by molar-refractivity contribution is 5.79. The van der Waals surface area contributed by atoms with E-state index in [4.69, 9.17) is 0 Å². The Bertz CT molecular complexity index is 738. The topological polar surface area (TPSA) is 29.1 Å². The first-order valence-electron chi connectivity index (χ1n) is 7.69. The van der Waals surface area contributed by atoms with E-state index in [2.05, 4.69) is 5.32 Å². The van der Waals surface area contributed by atoms with Crippen LogP contribution in [0.15, 0.2) is 42.5 Å². The second-order valence-electron chi connectivity index (χ2n) is 6.02. The minimum Gasteiger partial charge on any atom is -0.349 e. The van der Waals surface area contributed by atoms with Crippen LogP contribution < -0.4 is 5.32 Å². The minimum atomic E-state index is -4.40. The van der Waals surface area contributed by atoms with Gasteiger partial charge in [-0.05, 0) is 43.5 Å². The lowest BCUT2D eigenvalue weighted by Gasteiger charge is -2.17. The molecule has 0 saturated heterocycles. The summed E-state index contributed by atoms with van der Waals surface area (Å²) in [6, 6.07) is 10.6. The van der Waals surface area contributed by atoms with E-state index in [1.165, 1.54) is 12.1 Å². The first kappa shape index (κ1) is 18.0. The van der Waals surface area contributed by atoms with E-state index >= 15 is 0 Å². The van der Waals surface area contributed by atoms with Crippen molar-refractivity contribution in [2.45, 2.75) is 39.4 Å². The number of alkyl halides is 3. The Morgan fingerprint density at radius 2 is 1.83 bits per heavy atom. The van der Waals surface area contributed by atoms with Gasteiger partial charge in [0.15, 0.2) is 0 Å². The third-order valence-corrected chi connectivity index (χ3v) is 3.90. The fraction of sp³-hybridized carbons (Fsp3) is 0.316. The highest BCUT2D eigenvalue weighted by atomic mass is 19.4. The predicted molar refractivity (Wildman–Crippen MR) is 87.6 cm³/mol. The van der Waals surface area contributed by atoms with Gasteiger partial charge >= 0.3 is 6.18 Å². The first-order chi connectivity index (χ1) is 11.2. The van der Waals surface area contributed by atoms with Crippen molar-refractivity contribution in [1.29, 1.82) is 0 Å². The van der Waals surface area contributed by atoms with Gasteiger partial charge in [0.2, 0.25) is 5.91 Å². The maximum Gasteiger partial charge on any atom is 0.416 e. The lowest BCUT2D eigenvalue weighted by Crippen LogP contribution is -2.28. The van der Waals surface area contributed by atoms with Crippen LogP contribution in [-0.4, -0.2) is 5.91 Å². The number of halogens is 3. The molecule has 0 aliphatic rings. The number of rotatable bonds is 4. The van der Waals surface area contributed by atoms with E-state index in [0.29, 0.717) is 5.56 Å². The van der Waals surface area contributed by atoms with Crippen LogP contribution in [0.4, 0.5) is 13.2 Å². The predicted octanol–water partition coefficient (Wildman–Crippen LogP) is 4.74. The molecule has 0 bridgehead atoms. The molecule has 2 nitrogen and oxygen atoms in total. The summed E-state index contributed by atoms with van der Waals surface area (Å²) < 4.78 is 38.2. The lowest BCUT2D eigenvalue weighted by atomic mass is 9.99. The summed E-state index contributed by atoms with van der Waals surface area (Å²) >= 11 is 0. The van der Waals surface area contributed by atoms with Crippen molar-refractivity contribution in [3.05, 3.63) is 70.3 Å². The van der Waals surface area contributed by atoms with E-state index in [1.54, 1.807) is 0 Å². The number of aryl methyl sites for hydroxylation is 2. The van der Waals surface area contributed by atoms with Gasteiger partial charge in [-0.3, -0.25) is 4.79 Å². The van der Waals surface area contributed by atoms with E-state index in [1.807, 2.05) is 39.0 Å². The van der Waals surface area contributed by atoms with Crippen molar-refractivity contribution >= 4 is 5.91 Å². The number of carbonyl (C=O) groups excluding carboxylic acids is 1. The zero-order valence-electron chi connectivity index (χ0n) is 13.9. The van der Waals surface area contributed by atoms with Crippen LogP contribution in [0.5, 0.6) is 0 Å². The van der Waals surface area contributed by atoms with Crippen molar-refractivity contribution in [2.24, 2.45) is 0 Å². The Labute approximate surface area is 139 Å². The van der Waals surface area contributed by atoms with Crippen molar-refractivity contribution in [3.63, 3.8) is 0 Å². The maximum atomic E-state index is 12.7. The number of hydrogen-bond acceptors (Lipinski definition) is 1. The summed E-state index contributed by atoms with van der Waals surface area (Å²) in [6.45, 7) is 5.80. The second-order valence-corrected chi connectivity index (χ2v) is 6.02. The van der Waals surface area contributed by atoms with Crippen LogP contribution in [0.1, 0.15) is 40.8 Å². The number of benzene rings is 2. The Morgan fingerprint density at radius 3 is 2.50 bits per heavy atom. The fourth-order valence-electron chi connectivity index (χ4n) is 2.64. The van der Waals surface area contributed by atoms with Gasteiger partial charge in [0.05, 0.1) is 18.0 Å². The molecule has 2 rings (SSSR count). The molecule has 0 aromatic heterocycles. The summed E-state index contributed by atoms with van der Waals surface area (Å²) in [5, 5.41) is 2.85. The van der Waals surface area contributed by atoms with Crippen LogP contribution in [-0.2, 0) is 17.4 Å². The van der Waals surface area contributed by atoms with Gasteiger partial charge in [-0.25, -0.2) is 0 Å². The number of nitrogens with one attached hydrogen (secondary N) is 1. The average Bonchev–Trinajstić information content (AvgIpc) is 2.49. The van der Waals surface area contributed by atoms with E-state index in [9.17, 15) is 18.0 Å². The smallest absolute Gasteiger partial charge is 0.349 e. The van der Waals surface area contributed by atoms with E-state index in [-0.39, 0.29) is 18.4 Å². The highest BCUT2D eigenvalue weighted by Gasteiger charge is 2.30. The number of amides is 1. The molecule has 0 aliphatic heterocycles. The van der Waals surface area contributed by atoms with Crippen LogP contribution in [0.25, 0.3) is 0 Å². The summed E-state index contributed by atoms with van der Waals surface area (Å²) in [5.41, 5.74) is 2.76. The zero-order valence-corrected chi connectivity index (χ0v) is 13.9. The molecule has 1 unspecified atom stereocenters. The molecule has 0 saturated carbocycles. The normalized spacial score (nSPS) is 12.8. The highest BCUT2D eigenvalue weighted by Crippen LogP contribution is 2.29. The van der Waals surface area contributed by atoms with Crippen molar-refractivity contribution < 1.29 is 18.0 Å². The standard InChI is InChI=1S/C19H20F3NO/c1-12-7-8-13(2)17(9-12)14(3)23-18(24)11-15-5-4-6-16(10-15)19(20,21)22/h4-10,14H,11H2,1-3H3,(H,23,24). The molecule has 0 aliphatic carbocycles. The fourth-order valence-corrected chi connectivity index (χ4v) is 2.64. The molecule has 0 fully saturated rings. The number of hydrogen-bond donors (Lipinski definition) is 1. The van der Waals surface area contributed by atoms with Gasteiger partial charge in [0, 0.05) is 0 Å². The molecular formula is C19H20F3NO. The third-order valence-electron chi connectivity index (χ3n) is 3.90. The Morgan fingerprint density at radius 1 is 1.12 bits per heavy atom. The van der Waals surface area contributed by atoms with Gasteiger partial charge < -0.3 is 5.32 Å². The molecule has 0 spiro atoms. The maximum absolute atomic E-state index is 12.7. The number of carbonyl (C=O) groups is 1. The van der Waals surface area contributed by atoms with Gasteiger partial charge in [-0.15, -0.1) is 0 Å². The molecule has 5 heteroatoms. The molecule has 2 aromatic carbocycles. The molecule has 0 radical (unpaired) electrons. The van der Waals surface area contributed by atoms with E-state index < -0.39 is 11.7 Å². The largest absolute Gasteiger partial charge is 0.416 e. The van der Waals surface area contributed by atoms with Gasteiger partial charge in [-0.1, -0.05) is 42.0 Å². The monoisotopic (exact) mass is 335 g/mol. The van der Waals surface area contributed by atoms with Gasteiger partial charge in [-0.2, -0.15) is 13.2 Å². The Balaban J connectivity index is 2.07. The Hall–Kier alpha value is -2.30. The summed E-state index contributed by atoms with van der Waals surface area (Å²) in [6.07, 6.45) is -4.49. The minimum absolute atomic E-state index is 0.0842. The average molecular weight is 335 g/mol. The quantitative estimate of drug-likeness (QED) is 0.859. The SMILES string of the molecule is Cc1ccc(C)c(C(C)NC(=O)Cc2cccc(C(F)(F)F)c2)c1. The molecular weight excluding hydrogens is 315 g/mol. The molecule has 1 N–H and O–H groups in total. The van der Waals surface area contributed by atoms with Crippen LogP contribution in [0.3, 0.4) is 0 Å². The zero-order chi connectivity index (χ0) is 17.9. The van der Waals surface area contributed by atoms with Crippen molar-refractivity contribution in [3.8, 4) is 0 Å². The molecule has 1 atom stereocenters. The first-order valence-corrected chi connectivity index (χ1v) is 7.69.